The molecule has 2 aliphatic rings. The maximum atomic E-state index is 13.4. The molecule has 0 saturated carbocycles. The van der Waals surface area contributed by atoms with E-state index >= 15 is 0 Å². The molecule has 2 atom stereocenters. The van der Waals surface area contributed by atoms with Crippen molar-refractivity contribution in [3.05, 3.63) is 66.1 Å². The first kappa shape index (κ1) is 18.5. The van der Waals surface area contributed by atoms with Crippen LogP contribution in [0.4, 0.5) is 5.69 Å². The average molecular weight is 401 g/mol. The van der Waals surface area contributed by atoms with Crippen LogP contribution in [-0.2, 0) is 10.2 Å². The zero-order chi connectivity index (χ0) is 20.7. The number of fused-ring (bicyclic) bond motifs is 2. The molecule has 2 aromatic heterocycles. The summed E-state index contributed by atoms with van der Waals surface area (Å²) in [5.74, 6) is -0.116. The maximum Gasteiger partial charge on any atom is 0.272 e. The van der Waals surface area contributed by atoms with E-state index in [2.05, 4.69) is 27.4 Å². The Hall–Kier alpha value is -3.48. The normalized spacial score (nSPS) is 22.4. The molecular weight excluding hydrogens is 378 g/mol. The molecule has 0 radical (unpaired) electrons. The van der Waals surface area contributed by atoms with E-state index in [0.29, 0.717) is 24.4 Å². The first-order chi connectivity index (χ1) is 14.6. The Balaban J connectivity index is 1.49. The minimum Gasteiger partial charge on any atom is -0.333 e. The lowest BCUT2D eigenvalue weighted by atomic mass is 9.73. The van der Waals surface area contributed by atoms with Crippen LogP contribution in [0.15, 0.2) is 54.9 Å². The van der Waals surface area contributed by atoms with Gasteiger partial charge in [-0.1, -0.05) is 31.5 Å². The van der Waals surface area contributed by atoms with Crippen molar-refractivity contribution in [3.63, 3.8) is 0 Å². The monoisotopic (exact) mass is 401 g/mol. The second-order valence-corrected chi connectivity index (χ2v) is 7.93. The van der Waals surface area contributed by atoms with Crippen molar-refractivity contribution in [2.45, 2.75) is 37.6 Å². The summed E-state index contributed by atoms with van der Waals surface area (Å²) in [4.78, 5) is 32.5. The fourth-order valence-corrected chi connectivity index (χ4v) is 4.98. The molecular formula is C23H23N5O2. The highest BCUT2D eigenvalue weighted by atomic mass is 16.2. The Bertz CT molecular complexity index is 1110. The van der Waals surface area contributed by atoms with Gasteiger partial charge in [0.15, 0.2) is 0 Å². The van der Waals surface area contributed by atoms with Crippen LogP contribution < -0.4 is 5.32 Å². The van der Waals surface area contributed by atoms with E-state index in [1.807, 2.05) is 41.3 Å². The fourth-order valence-electron chi connectivity index (χ4n) is 4.98. The van der Waals surface area contributed by atoms with E-state index in [1.54, 1.807) is 18.5 Å². The number of aromatic nitrogens is 3. The molecule has 0 unspecified atom stereocenters. The van der Waals surface area contributed by atoms with E-state index in [-0.39, 0.29) is 17.9 Å². The lowest BCUT2D eigenvalue weighted by molar-refractivity contribution is -0.121. The van der Waals surface area contributed by atoms with E-state index in [9.17, 15) is 9.59 Å². The number of H-pyrrole nitrogens is 1. The molecule has 0 aliphatic carbocycles. The number of pyridine rings is 1. The quantitative estimate of drug-likeness (QED) is 0.701. The third-order valence-corrected chi connectivity index (χ3v) is 6.36. The van der Waals surface area contributed by atoms with E-state index in [0.717, 1.165) is 29.7 Å². The van der Waals surface area contributed by atoms with E-state index < -0.39 is 5.41 Å². The number of carbonyl (C=O) groups is 2. The van der Waals surface area contributed by atoms with Gasteiger partial charge in [0.25, 0.3) is 5.91 Å². The smallest absolute Gasteiger partial charge is 0.272 e. The lowest BCUT2D eigenvalue weighted by Gasteiger charge is -2.33. The first-order valence-electron chi connectivity index (χ1n) is 10.3. The van der Waals surface area contributed by atoms with Gasteiger partial charge >= 0.3 is 0 Å². The van der Waals surface area contributed by atoms with Gasteiger partial charge in [-0.3, -0.25) is 19.7 Å². The molecule has 2 N–H and O–H groups in total. The number of para-hydroxylation sites is 1. The highest BCUT2D eigenvalue weighted by molar-refractivity contribution is 6.08. The number of carbonyl (C=O) groups excluding carboxylic acids is 2. The van der Waals surface area contributed by atoms with Crippen LogP contribution >= 0.6 is 0 Å². The average Bonchev–Trinajstić information content (AvgIpc) is 3.47. The number of benzene rings is 1. The zero-order valence-corrected chi connectivity index (χ0v) is 16.8. The molecule has 152 valence electrons. The molecule has 2 aliphatic heterocycles. The number of amides is 2. The van der Waals surface area contributed by atoms with Crippen LogP contribution in [0, 0.1) is 0 Å². The van der Waals surface area contributed by atoms with Gasteiger partial charge in [0.1, 0.15) is 5.69 Å². The molecule has 30 heavy (non-hydrogen) atoms. The van der Waals surface area contributed by atoms with Gasteiger partial charge in [-0.2, -0.15) is 5.10 Å². The van der Waals surface area contributed by atoms with E-state index in [4.69, 9.17) is 0 Å². The molecule has 1 fully saturated rings. The van der Waals surface area contributed by atoms with Crippen molar-refractivity contribution >= 4 is 17.5 Å². The molecule has 0 bridgehead atoms. The Morgan fingerprint density at radius 2 is 2.03 bits per heavy atom. The SMILES string of the molecule is CCC[C@@H]1N(C(=O)c2cc(-c3ccncc3)n[nH]2)CC[C@]12C(=O)Nc1ccccc12. The Morgan fingerprint density at radius 1 is 1.23 bits per heavy atom. The Kier molecular flexibility index (Phi) is 4.38. The lowest BCUT2D eigenvalue weighted by Crippen LogP contribution is -2.48. The summed E-state index contributed by atoms with van der Waals surface area (Å²) in [5, 5.41) is 10.2. The summed E-state index contributed by atoms with van der Waals surface area (Å²) < 4.78 is 0. The third-order valence-electron chi connectivity index (χ3n) is 6.36. The van der Waals surface area contributed by atoms with E-state index in [1.165, 1.54) is 0 Å². The second-order valence-electron chi connectivity index (χ2n) is 7.93. The van der Waals surface area contributed by atoms with Crippen LogP contribution in [0.5, 0.6) is 0 Å². The van der Waals surface area contributed by atoms with Crippen LogP contribution in [0.25, 0.3) is 11.3 Å². The van der Waals surface area contributed by atoms with Gasteiger partial charge in [0.05, 0.1) is 17.2 Å². The zero-order valence-electron chi connectivity index (χ0n) is 16.8. The molecule has 3 aromatic rings. The van der Waals surface area contributed by atoms with Crippen molar-refractivity contribution in [1.29, 1.82) is 0 Å². The largest absolute Gasteiger partial charge is 0.333 e. The van der Waals surface area contributed by atoms with Crippen molar-refractivity contribution in [2.24, 2.45) is 0 Å². The summed E-state index contributed by atoms with van der Waals surface area (Å²) in [5.41, 5.74) is 3.21. The minimum atomic E-state index is -0.684. The Labute approximate surface area is 174 Å². The molecule has 2 amide bonds. The van der Waals surface area contributed by atoms with Gasteiger partial charge in [0.2, 0.25) is 5.91 Å². The maximum absolute atomic E-state index is 13.4. The summed E-state index contributed by atoms with van der Waals surface area (Å²) >= 11 is 0. The molecule has 4 heterocycles. The molecule has 7 heteroatoms. The van der Waals surface area contributed by atoms with Gasteiger partial charge in [-0.25, -0.2) is 0 Å². The summed E-state index contributed by atoms with van der Waals surface area (Å²) in [6.07, 6.45) is 5.67. The molecule has 1 spiro atoms. The van der Waals surface area contributed by atoms with Gasteiger partial charge in [0, 0.05) is 30.2 Å². The third kappa shape index (κ3) is 2.65. The van der Waals surface area contributed by atoms with Gasteiger partial charge < -0.3 is 10.2 Å². The topological polar surface area (TPSA) is 91.0 Å². The number of rotatable bonds is 4. The van der Waals surface area contributed by atoms with Crippen molar-refractivity contribution < 1.29 is 9.59 Å². The van der Waals surface area contributed by atoms with Crippen molar-refractivity contribution in [2.75, 3.05) is 11.9 Å². The first-order valence-corrected chi connectivity index (χ1v) is 10.3. The number of hydrogen-bond acceptors (Lipinski definition) is 4. The number of hydrogen-bond donors (Lipinski definition) is 2. The minimum absolute atomic E-state index is 0.000430. The van der Waals surface area contributed by atoms with Crippen LogP contribution in [0.3, 0.4) is 0 Å². The fraction of sp³-hybridized carbons (Fsp3) is 0.304. The highest BCUT2D eigenvalue weighted by Crippen LogP contribution is 2.49. The number of likely N-dealkylation sites (tertiary alicyclic amines) is 1. The number of aromatic amines is 1. The van der Waals surface area contributed by atoms with Crippen molar-refractivity contribution in [1.82, 2.24) is 20.1 Å². The summed E-state index contributed by atoms with van der Waals surface area (Å²) in [6, 6.07) is 13.1. The van der Waals surface area contributed by atoms with Crippen LogP contribution in [-0.4, -0.2) is 44.5 Å². The van der Waals surface area contributed by atoms with Crippen LogP contribution in [0.2, 0.25) is 0 Å². The van der Waals surface area contributed by atoms with Gasteiger partial charge in [-0.15, -0.1) is 0 Å². The molecule has 7 nitrogen and oxygen atoms in total. The van der Waals surface area contributed by atoms with Crippen LogP contribution in [0.1, 0.15) is 42.2 Å². The molecule has 5 rings (SSSR count). The number of nitrogens with one attached hydrogen (secondary N) is 2. The molecule has 1 aromatic carbocycles. The standard InChI is InChI=1S/C23H23N5O2/c1-2-5-20-23(16-6-3-4-7-17(16)25-22(23)30)10-13-28(20)21(29)19-14-18(26-27-19)15-8-11-24-12-9-15/h3-4,6-9,11-12,14,20H,2,5,10,13H2,1H3,(H,25,30)(H,26,27)/t20-,23+/m0/s1. The van der Waals surface area contributed by atoms with Gasteiger partial charge in [-0.05, 0) is 42.7 Å². The van der Waals surface area contributed by atoms with Crippen molar-refractivity contribution in [3.8, 4) is 11.3 Å². The predicted octanol–water partition coefficient (Wildman–Crippen LogP) is 3.38. The highest BCUT2D eigenvalue weighted by Gasteiger charge is 2.58. The summed E-state index contributed by atoms with van der Waals surface area (Å²) in [7, 11) is 0. The molecule has 1 saturated heterocycles. The Morgan fingerprint density at radius 3 is 2.83 bits per heavy atom. The number of anilines is 1. The predicted molar refractivity (Wildman–Crippen MR) is 113 cm³/mol. The summed E-state index contributed by atoms with van der Waals surface area (Å²) in [6.45, 7) is 2.63. The second kappa shape index (κ2) is 7.09. The number of nitrogens with zero attached hydrogens (tertiary/aromatic N) is 3.